The maximum Gasteiger partial charge on any atom is 0.328 e. The first-order chi connectivity index (χ1) is 9.58. The number of amides is 3. The van der Waals surface area contributed by atoms with Crippen molar-refractivity contribution in [3.8, 4) is 0 Å². The number of aliphatic carboxylic acids is 1. The van der Waals surface area contributed by atoms with Gasteiger partial charge < -0.3 is 15.7 Å². The van der Waals surface area contributed by atoms with Gasteiger partial charge in [0.2, 0.25) is 5.91 Å². The van der Waals surface area contributed by atoms with Crippen molar-refractivity contribution in [3.63, 3.8) is 0 Å². The Morgan fingerprint density at radius 3 is 3.00 bits per heavy atom. The zero-order valence-electron chi connectivity index (χ0n) is 10.5. The lowest BCUT2D eigenvalue weighted by Gasteiger charge is -2.32. The molecule has 0 aromatic carbocycles. The molecule has 0 radical (unpaired) electrons. The van der Waals surface area contributed by atoms with Gasteiger partial charge in [0.05, 0.1) is 12.7 Å². The number of carboxylic acids is 1. The smallest absolute Gasteiger partial charge is 0.328 e. The number of carbonyl (C=O) groups excluding carboxylic acids is 2. The molecule has 1 fully saturated rings. The molecule has 10 nitrogen and oxygen atoms in total. The van der Waals surface area contributed by atoms with Crippen LogP contribution in [0.1, 0.15) is 0 Å². The minimum Gasteiger partial charge on any atom is -0.480 e. The summed E-state index contributed by atoms with van der Waals surface area (Å²) in [5.74, 6) is -1.54. The molecule has 0 saturated carbocycles. The average Bonchev–Trinajstić information content (AvgIpc) is 2.91. The Kier molecular flexibility index (Phi) is 4.13. The number of aromatic nitrogens is 3. The van der Waals surface area contributed by atoms with Crippen LogP contribution in [0.2, 0.25) is 0 Å². The van der Waals surface area contributed by atoms with Crippen LogP contribution < -0.4 is 10.6 Å². The molecule has 108 valence electrons. The number of piperazine rings is 1. The summed E-state index contributed by atoms with van der Waals surface area (Å²) in [4.78, 5) is 35.2. The Morgan fingerprint density at radius 2 is 2.35 bits per heavy atom. The van der Waals surface area contributed by atoms with Crippen LogP contribution in [0.25, 0.3) is 0 Å². The quantitative estimate of drug-likeness (QED) is 0.578. The first kappa shape index (κ1) is 13.8. The van der Waals surface area contributed by atoms with E-state index in [1.807, 2.05) is 0 Å². The van der Waals surface area contributed by atoms with E-state index in [2.05, 4.69) is 20.9 Å². The molecule has 1 aromatic rings. The lowest BCUT2D eigenvalue weighted by atomic mass is 10.2. The second-order valence-corrected chi connectivity index (χ2v) is 4.18. The number of hydrogen-bond donors (Lipinski definition) is 3. The number of nitrogens with zero attached hydrogens (tertiary/aromatic N) is 4. The molecule has 1 aliphatic heterocycles. The monoisotopic (exact) mass is 282 g/mol. The van der Waals surface area contributed by atoms with Crippen molar-refractivity contribution in [2.24, 2.45) is 0 Å². The van der Waals surface area contributed by atoms with Crippen LogP contribution in [0.15, 0.2) is 12.4 Å². The maximum atomic E-state index is 11.9. The predicted octanol–water partition coefficient (Wildman–Crippen LogP) is -2.13. The molecule has 1 unspecified atom stereocenters. The Balaban J connectivity index is 1.88. The standard InChI is InChI=1S/C10H14N6O4/c17-8-6-16(7(5-12-8)9(18)19)10(20)11-1-3-15-4-2-13-14-15/h2,4,7H,1,3,5-6H2,(H,11,20)(H,12,17)(H,18,19). The first-order valence-corrected chi connectivity index (χ1v) is 5.96. The summed E-state index contributed by atoms with van der Waals surface area (Å²) in [6.07, 6.45) is 3.15. The van der Waals surface area contributed by atoms with Gasteiger partial charge in [0.25, 0.3) is 0 Å². The summed E-state index contributed by atoms with van der Waals surface area (Å²) in [6, 6.07) is -1.65. The molecule has 20 heavy (non-hydrogen) atoms. The number of hydrogen-bond acceptors (Lipinski definition) is 5. The minimum atomic E-state index is -1.16. The van der Waals surface area contributed by atoms with Gasteiger partial charge in [-0.2, -0.15) is 0 Å². The third kappa shape index (κ3) is 3.22. The Morgan fingerprint density at radius 1 is 1.55 bits per heavy atom. The van der Waals surface area contributed by atoms with Gasteiger partial charge in [-0.25, -0.2) is 9.59 Å². The molecule has 0 bridgehead atoms. The topological polar surface area (TPSA) is 129 Å². The second kappa shape index (κ2) is 5.99. The minimum absolute atomic E-state index is 0.0926. The van der Waals surface area contributed by atoms with Crippen LogP contribution in [0.5, 0.6) is 0 Å². The number of carbonyl (C=O) groups is 3. The first-order valence-electron chi connectivity index (χ1n) is 5.96. The molecule has 0 spiro atoms. The second-order valence-electron chi connectivity index (χ2n) is 4.18. The highest BCUT2D eigenvalue weighted by Gasteiger charge is 2.34. The van der Waals surface area contributed by atoms with Crippen molar-refractivity contribution in [2.45, 2.75) is 12.6 Å². The van der Waals surface area contributed by atoms with Crippen LogP contribution in [0.4, 0.5) is 4.79 Å². The zero-order chi connectivity index (χ0) is 14.5. The predicted molar refractivity (Wildman–Crippen MR) is 64.6 cm³/mol. The Bertz CT molecular complexity index is 502. The fourth-order valence-electron chi connectivity index (χ4n) is 1.81. The number of nitrogens with one attached hydrogen (secondary N) is 2. The van der Waals surface area contributed by atoms with Crippen LogP contribution in [0.3, 0.4) is 0 Å². The molecule has 1 atom stereocenters. The molecule has 1 aromatic heterocycles. The maximum absolute atomic E-state index is 11.9. The van der Waals surface area contributed by atoms with E-state index in [0.29, 0.717) is 6.54 Å². The van der Waals surface area contributed by atoms with Crippen molar-refractivity contribution in [1.29, 1.82) is 0 Å². The van der Waals surface area contributed by atoms with E-state index in [1.165, 1.54) is 10.9 Å². The van der Waals surface area contributed by atoms with E-state index < -0.39 is 18.0 Å². The van der Waals surface area contributed by atoms with Gasteiger partial charge in [0.1, 0.15) is 12.6 Å². The Hall–Kier alpha value is -2.65. The number of carboxylic acid groups (broad SMARTS) is 1. The fourth-order valence-corrected chi connectivity index (χ4v) is 1.81. The van der Waals surface area contributed by atoms with Crippen molar-refractivity contribution in [2.75, 3.05) is 19.6 Å². The fraction of sp³-hybridized carbons (Fsp3) is 0.500. The van der Waals surface area contributed by atoms with Gasteiger partial charge in [-0.05, 0) is 0 Å². The van der Waals surface area contributed by atoms with Gasteiger partial charge in [0.15, 0.2) is 0 Å². The summed E-state index contributed by atoms with van der Waals surface area (Å²) in [6.45, 7) is 0.299. The summed E-state index contributed by atoms with van der Waals surface area (Å²) < 4.78 is 1.53. The molecule has 0 aliphatic carbocycles. The zero-order valence-corrected chi connectivity index (χ0v) is 10.5. The van der Waals surface area contributed by atoms with Gasteiger partial charge in [-0.1, -0.05) is 5.21 Å². The summed E-state index contributed by atoms with van der Waals surface area (Å²) in [5.41, 5.74) is 0. The van der Waals surface area contributed by atoms with Crippen molar-refractivity contribution >= 4 is 17.9 Å². The van der Waals surface area contributed by atoms with E-state index >= 15 is 0 Å². The van der Waals surface area contributed by atoms with E-state index in [9.17, 15) is 14.4 Å². The Labute approximate surface area is 113 Å². The summed E-state index contributed by atoms with van der Waals surface area (Å²) in [5, 5.41) is 21.3. The van der Waals surface area contributed by atoms with Crippen molar-refractivity contribution in [3.05, 3.63) is 12.4 Å². The highest BCUT2D eigenvalue weighted by Crippen LogP contribution is 2.04. The van der Waals surface area contributed by atoms with Crippen molar-refractivity contribution in [1.82, 2.24) is 30.5 Å². The largest absolute Gasteiger partial charge is 0.480 e. The molecule has 3 N–H and O–H groups in total. The van der Waals surface area contributed by atoms with E-state index in [0.717, 1.165) is 4.90 Å². The highest BCUT2D eigenvalue weighted by molar-refractivity contribution is 5.90. The summed E-state index contributed by atoms with van der Waals surface area (Å²) >= 11 is 0. The van der Waals surface area contributed by atoms with Gasteiger partial charge in [-0.3, -0.25) is 14.4 Å². The molecule has 1 aliphatic rings. The molecule has 2 heterocycles. The number of rotatable bonds is 4. The molecular formula is C10H14N6O4. The van der Waals surface area contributed by atoms with Crippen LogP contribution in [0, 0.1) is 0 Å². The number of urea groups is 1. The SMILES string of the molecule is O=C1CN(C(=O)NCCn2ccnn2)C(C(=O)O)CN1. The normalized spacial score (nSPS) is 18.5. The molecule has 1 saturated heterocycles. The third-order valence-electron chi connectivity index (χ3n) is 2.82. The van der Waals surface area contributed by atoms with E-state index in [4.69, 9.17) is 5.11 Å². The van der Waals surface area contributed by atoms with Crippen LogP contribution in [-0.4, -0.2) is 68.6 Å². The van der Waals surface area contributed by atoms with Crippen molar-refractivity contribution < 1.29 is 19.5 Å². The van der Waals surface area contributed by atoms with Gasteiger partial charge >= 0.3 is 12.0 Å². The molecule has 3 amide bonds. The van der Waals surface area contributed by atoms with Crippen LogP contribution >= 0.6 is 0 Å². The van der Waals surface area contributed by atoms with E-state index in [1.54, 1.807) is 6.20 Å². The highest BCUT2D eigenvalue weighted by atomic mass is 16.4. The van der Waals surface area contributed by atoms with Crippen LogP contribution in [-0.2, 0) is 16.1 Å². The summed E-state index contributed by atoms with van der Waals surface area (Å²) in [7, 11) is 0. The van der Waals surface area contributed by atoms with E-state index in [-0.39, 0.29) is 25.5 Å². The average molecular weight is 282 g/mol. The van der Waals surface area contributed by atoms with Gasteiger partial charge in [0, 0.05) is 19.3 Å². The van der Waals surface area contributed by atoms with Gasteiger partial charge in [-0.15, -0.1) is 5.10 Å². The third-order valence-corrected chi connectivity index (χ3v) is 2.82. The molecule has 10 heteroatoms. The molecular weight excluding hydrogens is 268 g/mol. The lowest BCUT2D eigenvalue weighted by Crippen LogP contribution is -2.61. The lowest BCUT2D eigenvalue weighted by molar-refractivity contribution is -0.144. The molecule has 2 rings (SSSR count).